The highest BCUT2D eigenvalue weighted by atomic mass is 19.1. The number of piperidine rings is 1. The molecule has 174 valence electrons. The molecule has 0 bridgehead atoms. The van der Waals surface area contributed by atoms with Gasteiger partial charge in [-0.3, -0.25) is 9.89 Å². The largest absolute Gasteiger partial charge is 0.457 e. The monoisotopic (exact) mass is 459 g/mol. The van der Waals surface area contributed by atoms with Crippen molar-refractivity contribution < 1.29 is 13.9 Å². The highest BCUT2D eigenvalue weighted by Crippen LogP contribution is 2.34. The van der Waals surface area contributed by atoms with Crippen LogP contribution < -0.4 is 10.5 Å². The number of fused-ring (bicyclic) bond motifs is 1. The van der Waals surface area contributed by atoms with Gasteiger partial charge in [-0.25, -0.2) is 13.9 Å². The number of aromatic amines is 1. The van der Waals surface area contributed by atoms with E-state index < -0.39 is 5.91 Å². The number of primary amides is 1. The number of rotatable bonds is 6. The maximum absolute atomic E-state index is 13.1. The Morgan fingerprint density at radius 1 is 1.12 bits per heavy atom. The van der Waals surface area contributed by atoms with Gasteiger partial charge >= 0.3 is 0 Å². The number of H-pyrrole nitrogens is 1. The summed E-state index contributed by atoms with van der Waals surface area (Å²) in [5, 5.41) is 3.18. The van der Waals surface area contributed by atoms with E-state index in [1.54, 1.807) is 28.8 Å². The Balaban J connectivity index is 1.43. The average Bonchev–Trinajstić information content (AvgIpc) is 3.41. The zero-order chi connectivity index (χ0) is 23.7. The molecule has 2 aromatic heterocycles. The Bertz CT molecular complexity index is 1330. The zero-order valence-corrected chi connectivity index (χ0v) is 18.9. The first kappa shape index (κ1) is 21.8. The van der Waals surface area contributed by atoms with Crippen LogP contribution >= 0.6 is 0 Å². The summed E-state index contributed by atoms with van der Waals surface area (Å²) in [4.78, 5) is 19.5. The van der Waals surface area contributed by atoms with Crippen LogP contribution in [0.3, 0.4) is 0 Å². The van der Waals surface area contributed by atoms with Gasteiger partial charge in [-0.05, 0) is 80.4 Å². The van der Waals surface area contributed by atoms with E-state index in [1.165, 1.54) is 12.1 Å². The molecule has 1 saturated heterocycles. The number of nitrogens with zero attached hydrogens (tertiary/aromatic N) is 3. The van der Waals surface area contributed by atoms with Crippen molar-refractivity contribution in [1.82, 2.24) is 19.5 Å². The first-order valence-electron chi connectivity index (χ1n) is 11.3. The van der Waals surface area contributed by atoms with Crippen molar-refractivity contribution in [2.45, 2.75) is 25.7 Å². The molecule has 0 saturated carbocycles. The Hall–Kier alpha value is -4.07. The molecule has 0 unspecified atom stereocenters. The molecule has 2 aromatic carbocycles. The summed E-state index contributed by atoms with van der Waals surface area (Å²) in [5.74, 6) is 0.616. The molecule has 4 aromatic rings. The highest BCUT2D eigenvalue weighted by molar-refractivity contribution is 5.98. The zero-order valence-electron chi connectivity index (χ0n) is 18.9. The van der Waals surface area contributed by atoms with Crippen molar-refractivity contribution in [3.63, 3.8) is 0 Å². The molecule has 1 aliphatic rings. The van der Waals surface area contributed by atoms with Crippen LogP contribution in [0.15, 0.2) is 67.0 Å². The first-order chi connectivity index (χ1) is 16.5. The number of aromatic nitrogens is 3. The topological polar surface area (TPSA) is 88.7 Å². The van der Waals surface area contributed by atoms with E-state index in [4.69, 9.17) is 15.5 Å². The van der Waals surface area contributed by atoms with Crippen LogP contribution in [-0.4, -0.2) is 38.5 Å². The molecule has 3 heterocycles. The summed E-state index contributed by atoms with van der Waals surface area (Å²) in [6.07, 6.45) is 8.16. The van der Waals surface area contributed by atoms with Gasteiger partial charge in [0.2, 0.25) is 0 Å². The van der Waals surface area contributed by atoms with Gasteiger partial charge in [-0.1, -0.05) is 6.08 Å². The molecule has 1 fully saturated rings. The third kappa shape index (κ3) is 4.14. The maximum atomic E-state index is 13.1. The maximum Gasteiger partial charge on any atom is 0.269 e. The summed E-state index contributed by atoms with van der Waals surface area (Å²) in [6, 6.07) is 13.1. The van der Waals surface area contributed by atoms with Gasteiger partial charge < -0.3 is 15.4 Å². The van der Waals surface area contributed by atoms with Gasteiger partial charge in [-0.15, -0.1) is 0 Å². The molecule has 7 nitrogen and oxygen atoms in total. The molecule has 1 amide bonds. The van der Waals surface area contributed by atoms with Crippen LogP contribution in [0, 0.1) is 5.82 Å². The Morgan fingerprint density at radius 2 is 1.76 bits per heavy atom. The number of nitrogens with one attached hydrogen (secondary N) is 1. The van der Waals surface area contributed by atoms with Crippen LogP contribution in [0.25, 0.3) is 16.9 Å². The normalized spacial score (nSPS) is 14.8. The Kier molecular flexibility index (Phi) is 5.79. The van der Waals surface area contributed by atoms with Gasteiger partial charge in [0.15, 0.2) is 11.3 Å². The van der Waals surface area contributed by atoms with Gasteiger partial charge in [0.25, 0.3) is 5.91 Å². The van der Waals surface area contributed by atoms with Crippen LogP contribution in [0.2, 0.25) is 0 Å². The standard InChI is InChI=1S/C26H26FN5O2/c1-2-13-31-14-11-17(12-15-31)22-16-29-32-24(25(28)33)23(30-26(22)32)18-3-7-20(8-4-18)34-21-9-5-19(27)6-10-21/h2-10,13,16-17,29H,11-12,14-15H2,1H3,(H2,28,33). The number of ether oxygens (including phenoxy) is 1. The lowest BCUT2D eigenvalue weighted by molar-refractivity contribution is 0.0994. The average molecular weight is 460 g/mol. The van der Waals surface area contributed by atoms with E-state index in [0.717, 1.165) is 42.7 Å². The number of halogens is 1. The van der Waals surface area contributed by atoms with Crippen molar-refractivity contribution in [2.24, 2.45) is 5.73 Å². The summed E-state index contributed by atoms with van der Waals surface area (Å²) >= 11 is 0. The van der Waals surface area contributed by atoms with Crippen molar-refractivity contribution in [3.05, 3.63) is 84.1 Å². The molecule has 3 N–H and O–H groups in total. The third-order valence-corrected chi connectivity index (χ3v) is 6.22. The highest BCUT2D eigenvalue weighted by Gasteiger charge is 2.27. The second kappa shape index (κ2) is 9.05. The summed E-state index contributed by atoms with van der Waals surface area (Å²) in [6.45, 7) is 4.00. The fourth-order valence-corrected chi connectivity index (χ4v) is 4.56. The smallest absolute Gasteiger partial charge is 0.269 e. The SMILES string of the molecule is CC=CN1CCC(c2c[nH]n3c(C(N)=O)c(-c4ccc(Oc5ccc(F)cc5)cc4)nc23)CC1. The molecule has 0 radical (unpaired) electrons. The number of carbonyl (C=O) groups excluding carboxylic acids is 1. The number of hydrogen-bond acceptors (Lipinski definition) is 4. The van der Waals surface area contributed by atoms with Gasteiger partial charge in [0.1, 0.15) is 23.0 Å². The predicted molar refractivity (Wildman–Crippen MR) is 128 cm³/mol. The molecule has 8 heteroatoms. The predicted octanol–water partition coefficient (Wildman–Crippen LogP) is 5.07. The number of likely N-dealkylation sites (tertiary alicyclic amines) is 1. The fourth-order valence-electron chi connectivity index (χ4n) is 4.56. The summed E-state index contributed by atoms with van der Waals surface area (Å²) in [5.41, 5.74) is 9.20. The van der Waals surface area contributed by atoms with E-state index in [1.807, 2.05) is 25.3 Å². The Morgan fingerprint density at radius 3 is 2.38 bits per heavy atom. The molecular weight excluding hydrogens is 433 g/mol. The molecule has 0 aliphatic carbocycles. The number of allylic oxidation sites excluding steroid dienone is 1. The van der Waals surface area contributed by atoms with Gasteiger partial charge in [-0.2, -0.15) is 0 Å². The minimum Gasteiger partial charge on any atom is -0.457 e. The van der Waals surface area contributed by atoms with E-state index >= 15 is 0 Å². The lowest BCUT2D eigenvalue weighted by Gasteiger charge is -2.30. The van der Waals surface area contributed by atoms with Crippen LogP contribution in [-0.2, 0) is 0 Å². The van der Waals surface area contributed by atoms with E-state index in [9.17, 15) is 9.18 Å². The van der Waals surface area contributed by atoms with Crippen molar-refractivity contribution >= 4 is 11.6 Å². The summed E-state index contributed by atoms with van der Waals surface area (Å²) in [7, 11) is 0. The second-order valence-electron chi connectivity index (χ2n) is 8.43. The van der Waals surface area contributed by atoms with Crippen molar-refractivity contribution in [1.29, 1.82) is 0 Å². The van der Waals surface area contributed by atoms with Gasteiger partial charge in [0, 0.05) is 30.4 Å². The quantitative estimate of drug-likeness (QED) is 0.421. The van der Waals surface area contributed by atoms with E-state index in [2.05, 4.69) is 22.3 Å². The minimum atomic E-state index is -0.551. The Labute approximate surface area is 196 Å². The minimum absolute atomic E-state index is 0.319. The lowest BCUT2D eigenvalue weighted by Crippen LogP contribution is -2.28. The van der Waals surface area contributed by atoms with Crippen LogP contribution in [0.4, 0.5) is 4.39 Å². The molecule has 34 heavy (non-hydrogen) atoms. The van der Waals surface area contributed by atoms with E-state index in [0.29, 0.717) is 28.8 Å². The van der Waals surface area contributed by atoms with Gasteiger partial charge in [0.05, 0.1) is 0 Å². The summed E-state index contributed by atoms with van der Waals surface area (Å²) < 4.78 is 20.6. The van der Waals surface area contributed by atoms with E-state index in [-0.39, 0.29) is 5.82 Å². The third-order valence-electron chi connectivity index (χ3n) is 6.22. The van der Waals surface area contributed by atoms with Crippen LogP contribution in [0.5, 0.6) is 11.5 Å². The molecule has 0 spiro atoms. The first-order valence-corrected chi connectivity index (χ1v) is 11.3. The number of carbonyl (C=O) groups is 1. The van der Waals surface area contributed by atoms with Crippen molar-refractivity contribution in [2.75, 3.05) is 13.1 Å². The number of amides is 1. The molecule has 5 rings (SSSR count). The number of benzene rings is 2. The molecule has 1 aliphatic heterocycles. The number of imidazole rings is 1. The number of nitrogens with two attached hydrogens (primary N) is 1. The van der Waals surface area contributed by atoms with Crippen LogP contribution in [0.1, 0.15) is 41.7 Å². The molecular formula is C26H26FN5O2. The number of hydrogen-bond donors (Lipinski definition) is 2. The fraction of sp³-hybridized carbons (Fsp3) is 0.231. The molecule has 0 atom stereocenters. The second-order valence-corrected chi connectivity index (χ2v) is 8.43. The lowest BCUT2D eigenvalue weighted by atomic mass is 9.91. The van der Waals surface area contributed by atoms with Crippen molar-refractivity contribution in [3.8, 4) is 22.8 Å².